The van der Waals surface area contributed by atoms with E-state index in [4.69, 9.17) is 10.5 Å². The van der Waals surface area contributed by atoms with Crippen LogP contribution in [0.2, 0.25) is 0 Å². The summed E-state index contributed by atoms with van der Waals surface area (Å²) >= 11 is 1.30. The van der Waals surface area contributed by atoms with Gasteiger partial charge in [0.05, 0.1) is 17.1 Å². The predicted molar refractivity (Wildman–Crippen MR) is 148 cm³/mol. The molecule has 0 aliphatic carbocycles. The van der Waals surface area contributed by atoms with Gasteiger partial charge < -0.3 is 30.5 Å². The quantitative estimate of drug-likeness (QED) is 0.175. The van der Waals surface area contributed by atoms with Gasteiger partial charge in [-0.3, -0.25) is 10.7 Å². The van der Waals surface area contributed by atoms with Crippen molar-refractivity contribution in [2.75, 3.05) is 57.2 Å². The summed E-state index contributed by atoms with van der Waals surface area (Å²) < 4.78 is 33.6. The molecule has 1 atom stereocenters. The van der Waals surface area contributed by atoms with E-state index in [1.807, 2.05) is 11.0 Å². The molecule has 206 valence electrons. The van der Waals surface area contributed by atoms with Crippen molar-refractivity contribution in [1.29, 1.82) is 5.41 Å². The summed E-state index contributed by atoms with van der Waals surface area (Å²) in [5.74, 6) is 0.225. The molecule has 0 bridgehead atoms. The van der Waals surface area contributed by atoms with E-state index in [0.29, 0.717) is 59.4 Å². The third-order valence-electron chi connectivity index (χ3n) is 7.68. The van der Waals surface area contributed by atoms with Gasteiger partial charge in [-0.05, 0) is 62.6 Å². The minimum Gasteiger partial charge on any atom is -0.632 e. The second-order valence-electron chi connectivity index (χ2n) is 10.4. The Kier molecular flexibility index (Phi) is 8.01. The highest BCUT2D eigenvalue weighted by Crippen LogP contribution is 2.42. The van der Waals surface area contributed by atoms with Crippen LogP contribution >= 0.6 is 11.3 Å². The Balaban J connectivity index is 1.52. The van der Waals surface area contributed by atoms with Crippen molar-refractivity contribution in [3.8, 4) is 10.4 Å². The average molecular weight is 547 g/mol. The fourth-order valence-electron chi connectivity index (χ4n) is 5.75. The summed E-state index contributed by atoms with van der Waals surface area (Å²) in [6.07, 6.45) is 1.15. The maximum Gasteiger partial charge on any atom is 0.264 e. The van der Waals surface area contributed by atoms with Crippen molar-refractivity contribution >= 4 is 27.9 Å². The molecule has 0 amide bonds. The van der Waals surface area contributed by atoms with Crippen LogP contribution in [0.25, 0.3) is 10.4 Å². The molecule has 3 aliphatic rings. The van der Waals surface area contributed by atoms with Crippen molar-refractivity contribution < 1.29 is 18.2 Å². The normalized spacial score (nSPS) is 22.6. The molecule has 1 aromatic heterocycles. The first kappa shape index (κ1) is 27.0. The Morgan fingerprint density at radius 1 is 1.29 bits per heavy atom. The molecule has 38 heavy (non-hydrogen) atoms. The van der Waals surface area contributed by atoms with Crippen molar-refractivity contribution in [2.45, 2.75) is 44.6 Å². The number of anilines is 2. The topological polar surface area (TPSA) is 109 Å². The lowest BCUT2D eigenvalue weighted by atomic mass is 9.93. The van der Waals surface area contributed by atoms with Gasteiger partial charge in [0.15, 0.2) is 0 Å². The second kappa shape index (κ2) is 11.3. The molecular formula is C27H36F2N6O2S. The third kappa shape index (κ3) is 5.57. The van der Waals surface area contributed by atoms with Crippen LogP contribution in [0.15, 0.2) is 35.5 Å². The Labute approximate surface area is 226 Å². The molecule has 1 unspecified atom stereocenters. The SMILES string of the molecule is CNC[N+]1([O-])CCC(NC2CCOCC2)=C(C(=N)N2CCCc3cc(-c4ccc(N)s4)c(C(F)F)cc32)C1. The maximum absolute atomic E-state index is 14.3. The van der Waals surface area contributed by atoms with Crippen LogP contribution in [0.3, 0.4) is 0 Å². The van der Waals surface area contributed by atoms with Gasteiger partial charge in [0, 0.05) is 59.6 Å². The Bertz CT molecular complexity index is 1210. The lowest BCUT2D eigenvalue weighted by Crippen LogP contribution is -2.55. The van der Waals surface area contributed by atoms with E-state index in [0.717, 1.165) is 36.9 Å². The van der Waals surface area contributed by atoms with Crippen molar-refractivity contribution in [3.05, 3.63) is 51.9 Å². The number of benzene rings is 1. The van der Waals surface area contributed by atoms with E-state index >= 15 is 0 Å². The fourth-order valence-corrected chi connectivity index (χ4v) is 6.57. The molecule has 1 aromatic carbocycles. The highest BCUT2D eigenvalue weighted by atomic mass is 32.1. The number of hydrogen-bond donors (Lipinski definition) is 4. The summed E-state index contributed by atoms with van der Waals surface area (Å²) in [5, 5.41) is 30.0. The summed E-state index contributed by atoms with van der Waals surface area (Å²) in [5.41, 5.74) is 9.49. The van der Waals surface area contributed by atoms with E-state index < -0.39 is 11.1 Å². The first-order chi connectivity index (χ1) is 18.3. The van der Waals surface area contributed by atoms with Gasteiger partial charge in [0.2, 0.25) is 0 Å². The van der Waals surface area contributed by atoms with Crippen LogP contribution in [-0.2, 0) is 11.2 Å². The Hall–Kier alpha value is -2.57. The first-order valence-electron chi connectivity index (χ1n) is 13.2. The van der Waals surface area contributed by atoms with Gasteiger partial charge in [0.1, 0.15) is 19.0 Å². The number of aryl methyl sites for hydroxylation is 1. The van der Waals surface area contributed by atoms with Crippen LogP contribution < -0.4 is 21.3 Å². The summed E-state index contributed by atoms with van der Waals surface area (Å²) in [6, 6.07) is 7.13. The molecule has 0 radical (unpaired) electrons. The number of nitrogen functional groups attached to an aromatic ring is 1. The van der Waals surface area contributed by atoms with Crippen molar-refractivity contribution in [1.82, 2.24) is 10.6 Å². The number of alkyl halides is 2. The molecule has 1 saturated heterocycles. The number of hydrogen-bond acceptors (Lipinski definition) is 7. The lowest BCUT2D eigenvalue weighted by Gasteiger charge is -2.47. The minimum atomic E-state index is -2.67. The lowest BCUT2D eigenvalue weighted by molar-refractivity contribution is -0.879. The largest absolute Gasteiger partial charge is 0.632 e. The number of nitrogens with two attached hydrogens (primary N) is 1. The number of halogens is 2. The van der Waals surface area contributed by atoms with E-state index in [-0.39, 0.29) is 30.7 Å². The number of hydroxylamine groups is 3. The number of fused-ring (bicyclic) bond motifs is 1. The highest BCUT2D eigenvalue weighted by Gasteiger charge is 2.34. The van der Waals surface area contributed by atoms with Crippen molar-refractivity contribution in [2.24, 2.45) is 0 Å². The van der Waals surface area contributed by atoms with Gasteiger partial charge >= 0.3 is 0 Å². The molecule has 5 rings (SSSR count). The van der Waals surface area contributed by atoms with E-state index in [1.165, 1.54) is 11.3 Å². The minimum absolute atomic E-state index is 0.0624. The maximum atomic E-state index is 14.3. The van der Waals surface area contributed by atoms with Crippen LogP contribution in [0.1, 0.15) is 43.2 Å². The van der Waals surface area contributed by atoms with E-state index in [1.54, 1.807) is 25.2 Å². The van der Waals surface area contributed by atoms with Gasteiger partial charge in [-0.15, -0.1) is 11.3 Å². The first-order valence-corrected chi connectivity index (χ1v) is 14.0. The summed E-state index contributed by atoms with van der Waals surface area (Å²) in [6.45, 7) is 2.74. The van der Waals surface area contributed by atoms with Crippen LogP contribution in [0.5, 0.6) is 0 Å². The fraction of sp³-hybridized carbons (Fsp3) is 0.519. The van der Waals surface area contributed by atoms with Crippen LogP contribution in [0, 0.1) is 10.6 Å². The highest BCUT2D eigenvalue weighted by molar-refractivity contribution is 7.19. The molecule has 2 aromatic rings. The molecule has 0 saturated carbocycles. The molecule has 11 heteroatoms. The van der Waals surface area contributed by atoms with E-state index in [9.17, 15) is 19.4 Å². The van der Waals surface area contributed by atoms with E-state index in [2.05, 4.69) is 10.6 Å². The number of nitrogens with one attached hydrogen (secondary N) is 3. The number of rotatable bonds is 7. The molecule has 1 fully saturated rings. The number of ether oxygens (including phenoxy) is 1. The van der Waals surface area contributed by atoms with Crippen molar-refractivity contribution in [3.63, 3.8) is 0 Å². The number of amidine groups is 1. The smallest absolute Gasteiger partial charge is 0.264 e. The standard InChI is InChI=1S/C27H36F2N6O2S/c1-32-16-35(36)10-6-22(33-18-7-11-37-12-8-18)21(15-35)27(31)34-9-2-3-17-13-19(24-4-5-25(30)38-24)20(26(28)29)14-23(17)34/h4-5,13-14,18,26,31-33H,2-3,6-12,15-16,30H2,1H3. The van der Waals surface area contributed by atoms with Gasteiger partial charge in [-0.2, -0.15) is 0 Å². The molecule has 8 nitrogen and oxygen atoms in total. The third-order valence-corrected chi connectivity index (χ3v) is 8.63. The average Bonchev–Trinajstić information content (AvgIpc) is 3.35. The van der Waals surface area contributed by atoms with Gasteiger partial charge in [0.25, 0.3) is 6.43 Å². The zero-order valence-electron chi connectivity index (χ0n) is 21.7. The molecule has 3 aliphatic heterocycles. The molecular weight excluding hydrogens is 510 g/mol. The number of thiophene rings is 1. The molecule has 0 spiro atoms. The molecule has 5 N–H and O–H groups in total. The van der Waals surface area contributed by atoms with Crippen LogP contribution in [-0.4, -0.2) is 63.1 Å². The number of quaternary nitrogens is 1. The zero-order valence-corrected chi connectivity index (χ0v) is 22.5. The monoisotopic (exact) mass is 546 g/mol. The Morgan fingerprint density at radius 3 is 2.76 bits per heavy atom. The van der Waals surface area contributed by atoms with Gasteiger partial charge in [-0.1, -0.05) is 0 Å². The van der Waals surface area contributed by atoms with Gasteiger partial charge in [-0.25, -0.2) is 8.78 Å². The summed E-state index contributed by atoms with van der Waals surface area (Å²) in [7, 11) is 1.76. The molecule has 4 heterocycles. The zero-order chi connectivity index (χ0) is 26.9. The predicted octanol–water partition coefficient (Wildman–Crippen LogP) is 4.58. The number of nitrogens with zero attached hydrogens (tertiary/aromatic N) is 2. The Morgan fingerprint density at radius 2 is 2.08 bits per heavy atom. The second-order valence-corrected chi connectivity index (χ2v) is 11.5. The summed E-state index contributed by atoms with van der Waals surface area (Å²) in [4.78, 5) is 2.54. The van der Waals surface area contributed by atoms with Crippen LogP contribution in [0.4, 0.5) is 19.5 Å².